The number of non-ortho nitro benzene ring substituents is 1. The quantitative estimate of drug-likeness (QED) is 0.261. The first-order valence-corrected chi connectivity index (χ1v) is 10.1. The summed E-state index contributed by atoms with van der Waals surface area (Å²) in [6.07, 6.45) is 1.22. The second kappa shape index (κ2) is 8.66. The number of aryl methyl sites for hydroxylation is 2. The number of nitro groups is 1. The van der Waals surface area contributed by atoms with Gasteiger partial charge in [-0.05, 0) is 61.4 Å². The number of methoxy groups -OCH3 is 1. The summed E-state index contributed by atoms with van der Waals surface area (Å²) in [5.74, 6) is -0.946. The summed E-state index contributed by atoms with van der Waals surface area (Å²) in [6.45, 7) is 3.66. The molecule has 0 atom stereocenters. The minimum atomic E-state index is -0.860. The van der Waals surface area contributed by atoms with Crippen LogP contribution in [0.2, 0.25) is 0 Å². The topological polar surface area (TPSA) is 132 Å². The van der Waals surface area contributed by atoms with E-state index in [0.29, 0.717) is 17.0 Å². The fourth-order valence-electron chi connectivity index (χ4n) is 3.69. The standard InChI is InChI=1S/C24H19N3O7/c1-13-8-14(2)10-16(9-13)26-23(29)19(22(28)25-24(26)30)12-17-5-7-21(34-17)18-11-15(27(31)32)4-6-20(18)33-3/h4-12H,1-3H3,(H,25,28,30). The highest BCUT2D eigenvalue weighted by Gasteiger charge is 2.37. The minimum absolute atomic E-state index is 0.136. The van der Waals surface area contributed by atoms with Crippen LogP contribution in [0.4, 0.5) is 16.2 Å². The molecule has 1 fully saturated rings. The lowest BCUT2D eigenvalue weighted by Gasteiger charge is -2.26. The molecule has 3 aromatic rings. The molecule has 1 N–H and O–H groups in total. The maximum atomic E-state index is 13.1. The molecule has 1 saturated heterocycles. The lowest BCUT2D eigenvalue weighted by Crippen LogP contribution is -2.54. The van der Waals surface area contributed by atoms with Gasteiger partial charge >= 0.3 is 6.03 Å². The average Bonchev–Trinajstić information content (AvgIpc) is 3.24. The van der Waals surface area contributed by atoms with Gasteiger partial charge in [-0.15, -0.1) is 0 Å². The van der Waals surface area contributed by atoms with Crippen LogP contribution in [-0.2, 0) is 9.59 Å². The smallest absolute Gasteiger partial charge is 0.335 e. The number of amides is 4. The molecule has 0 bridgehead atoms. The fraction of sp³-hybridized carbons (Fsp3) is 0.125. The minimum Gasteiger partial charge on any atom is -0.496 e. The van der Waals surface area contributed by atoms with Gasteiger partial charge in [-0.3, -0.25) is 25.0 Å². The van der Waals surface area contributed by atoms with Gasteiger partial charge in [-0.1, -0.05) is 6.07 Å². The van der Waals surface area contributed by atoms with Crippen LogP contribution in [0.5, 0.6) is 5.75 Å². The van der Waals surface area contributed by atoms with E-state index in [-0.39, 0.29) is 22.8 Å². The van der Waals surface area contributed by atoms with Crippen LogP contribution in [-0.4, -0.2) is 29.9 Å². The van der Waals surface area contributed by atoms with E-state index >= 15 is 0 Å². The molecular weight excluding hydrogens is 442 g/mol. The van der Waals surface area contributed by atoms with E-state index in [0.717, 1.165) is 16.0 Å². The van der Waals surface area contributed by atoms with Crippen LogP contribution in [0.1, 0.15) is 16.9 Å². The molecule has 0 spiro atoms. The number of barbiturate groups is 1. The summed E-state index contributed by atoms with van der Waals surface area (Å²) in [5, 5.41) is 13.3. The monoisotopic (exact) mass is 461 g/mol. The normalized spacial score (nSPS) is 15.0. The van der Waals surface area contributed by atoms with Gasteiger partial charge in [0.15, 0.2) is 0 Å². The van der Waals surface area contributed by atoms with Crippen LogP contribution < -0.4 is 15.0 Å². The van der Waals surface area contributed by atoms with E-state index in [1.54, 1.807) is 12.1 Å². The average molecular weight is 461 g/mol. The van der Waals surface area contributed by atoms with Crippen molar-refractivity contribution in [3.05, 3.63) is 81.1 Å². The molecule has 172 valence electrons. The van der Waals surface area contributed by atoms with E-state index in [1.165, 1.54) is 43.5 Å². The Morgan fingerprint density at radius 3 is 2.38 bits per heavy atom. The maximum Gasteiger partial charge on any atom is 0.335 e. The number of carbonyl (C=O) groups excluding carboxylic acids is 3. The zero-order valence-corrected chi connectivity index (χ0v) is 18.4. The van der Waals surface area contributed by atoms with Gasteiger partial charge in [0.2, 0.25) is 0 Å². The van der Waals surface area contributed by atoms with E-state index in [9.17, 15) is 24.5 Å². The summed E-state index contributed by atoms with van der Waals surface area (Å²) >= 11 is 0. The van der Waals surface area contributed by atoms with Crippen molar-refractivity contribution in [2.75, 3.05) is 12.0 Å². The highest BCUT2D eigenvalue weighted by atomic mass is 16.6. The molecule has 4 amide bonds. The zero-order chi connectivity index (χ0) is 24.6. The van der Waals surface area contributed by atoms with Crippen molar-refractivity contribution >= 4 is 35.3 Å². The Kier molecular flexibility index (Phi) is 5.72. The molecule has 1 aromatic heterocycles. The number of hydrogen-bond acceptors (Lipinski definition) is 7. The second-order valence-corrected chi connectivity index (χ2v) is 7.65. The summed E-state index contributed by atoms with van der Waals surface area (Å²) in [4.78, 5) is 49.5. The highest BCUT2D eigenvalue weighted by molar-refractivity contribution is 6.39. The first kappa shape index (κ1) is 22.5. The summed E-state index contributed by atoms with van der Waals surface area (Å²) in [7, 11) is 1.42. The SMILES string of the molecule is COc1ccc([N+](=O)[O-])cc1-c1ccc(C=C2C(=O)NC(=O)N(c3cc(C)cc(C)c3)C2=O)o1. The van der Waals surface area contributed by atoms with Gasteiger partial charge in [0.05, 0.1) is 23.3 Å². The largest absolute Gasteiger partial charge is 0.496 e. The predicted octanol–water partition coefficient (Wildman–Crippen LogP) is 4.15. The lowest BCUT2D eigenvalue weighted by atomic mass is 10.1. The summed E-state index contributed by atoms with van der Waals surface area (Å²) in [5.41, 5.74) is 1.90. The van der Waals surface area contributed by atoms with Crippen molar-refractivity contribution in [3.8, 4) is 17.1 Å². The Balaban J connectivity index is 1.72. The number of rotatable bonds is 5. The maximum absolute atomic E-state index is 13.1. The first-order chi connectivity index (χ1) is 16.2. The van der Waals surface area contributed by atoms with Gasteiger partial charge in [0.25, 0.3) is 17.5 Å². The highest BCUT2D eigenvalue weighted by Crippen LogP contribution is 2.35. The van der Waals surface area contributed by atoms with Gasteiger partial charge < -0.3 is 9.15 Å². The van der Waals surface area contributed by atoms with Gasteiger partial charge in [0, 0.05) is 12.1 Å². The van der Waals surface area contributed by atoms with Crippen LogP contribution >= 0.6 is 0 Å². The third-order valence-corrected chi connectivity index (χ3v) is 5.14. The molecule has 10 nitrogen and oxygen atoms in total. The Bertz CT molecular complexity index is 1370. The number of benzene rings is 2. The van der Waals surface area contributed by atoms with Crippen LogP contribution in [0.15, 0.2) is 58.5 Å². The van der Waals surface area contributed by atoms with Crippen molar-refractivity contribution in [2.45, 2.75) is 13.8 Å². The number of nitro benzene ring substituents is 1. The second-order valence-electron chi connectivity index (χ2n) is 7.65. The van der Waals surface area contributed by atoms with Gasteiger partial charge in [0.1, 0.15) is 22.8 Å². The lowest BCUT2D eigenvalue weighted by molar-refractivity contribution is -0.384. The van der Waals surface area contributed by atoms with E-state index in [4.69, 9.17) is 9.15 Å². The first-order valence-electron chi connectivity index (χ1n) is 10.1. The number of nitrogens with zero attached hydrogens (tertiary/aromatic N) is 2. The van der Waals surface area contributed by atoms with Crippen LogP contribution in [0, 0.1) is 24.0 Å². The third-order valence-electron chi connectivity index (χ3n) is 5.14. The third kappa shape index (κ3) is 4.16. The Morgan fingerprint density at radius 1 is 1.03 bits per heavy atom. The van der Waals surface area contributed by atoms with Gasteiger partial charge in [-0.2, -0.15) is 0 Å². The number of urea groups is 1. The number of carbonyl (C=O) groups is 3. The number of hydrogen-bond donors (Lipinski definition) is 1. The molecule has 4 rings (SSSR count). The van der Waals surface area contributed by atoms with Gasteiger partial charge in [-0.25, -0.2) is 9.69 Å². The van der Waals surface area contributed by atoms with Crippen LogP contribution in [0.3, 0.4) is 0 Å². The molecule has 2 aromatic carbocycles. The number of nitrogens with one attached hydrogen (secondary N) is 1. The molecule has 0 radical (unpaired) electrons. The van der Waals surface area contributed by atoms with Crippen molar-refractivity contribution in [1.29, 1.82) is 0 Å². The van der Waals surface area contributed by atoms with Crippen molar-refractivity contribution in [1.82, 2.24) is 5.32 Å². The molecule has 10 heteroatoms. The molecule has 2 heterocycles. The van der Waals surface area contributed by atoms with E-state index < -0.39 is 22.8 Å². The van der Waals surface area contributed by atoms with E-state index in [2.05, 4.69) is 5.32 Å². The number of furan rings is 1. The molecule has 1 aliphatic heterocycles. The number of anilines is 1. The molecule has 0 unspecified atom stereocenters. The summed E-state index contributed by atoms with van der Waals surface area (Å²) < 4.78 is 11.0. The molecule has 1 aliphatic rings. The summed E-state index contributed by atoms with van der Waals surface area (Å²) in [6, 6.07) is 11.5. The molecule has 34 heavy (non-hydrogen) atoms. The number of imide groups is 2. The van der Waals surface area contributed by atoms with Crippen LogP contribution in [0.25, 0.3) is 17.4 Å². The Hall–Kier alpha value is -4.73. The molecule has 0 saturated carbocycles. The molecular formula is C24H19N3O7. The molecule has 0 aliphatic carbocycles. The number of ether oxygens (including phenoxy) is 1. The van der Waals surface area contributed by atoms with E-state index in [1.807, 2.05) is 19.9 Å². The fourth-order valence-corrected chi connectivity index (χ4v) is 3.69. The Morgan fingerprint density at radius 2 is 1.74 bits per heavy atom. The Labute approximate surface area is 193 Å². The predicted molar refractivity (Wildman–Crippen MR) is 122 cm³/mol. The van der Waals surface area contributed by atoms with Crippen molar-refractivity contribution in [2.24, 2.45) is 0 Å². The van der Waals surface area contributed by atoms with Crippen molar-refractivity contribution in [3.63, 3.8) is 0 Å². The zero-order valence-electron chi connectivity index (χ0n) is 18.4. The van der Waals surface area contributed by atoms with Crippen molar-refractivity contribution < 1.29 is 28.5 Å².